The molecule has 0 saturated heterocycles. The molecule has 0 unspecified atom stereocenters. The van der Waals surface area contributed by atoms with Crippen LogP contribution in [0.1, 0.15) is 35.1 Å². The van der Waals surface area contributed by atoms with E-state index in [4.69, 9.17) is 0 Å². The van der Waals surface area contributed by atoms with Crippen LogP contribution in [0.5, 0.6) is 0 Å². The lowest BCUT2D eigenvalue weighted by Gasteiger charge is -2.07. The van der Waals surface area contributed by atoms with Gasteiger partial charge >= 0.3 is 0 Å². The molecule has 0 spiro atoms. The lowest BCUT2D eigenvalue weighted by Crippen LogP contribution is -2.25. The predicted octanol–water partition coefficient (Wildman–Crippen LogP) is 3.99. The Morgan fingerprint density at radius 1 is 0.909 bits per heavy atom. The monoisotopic (exact) mass is 295 g/mol. The lowest BCUT2D eigenvalue weighted by molar-refractivity contribution is -0.121. The maximum absolute atomic E-state index is 11.9. The highest BCUT2D eigenvalue weighted by atomic mass is 16.1. The van der Waals surface area contributed by atoms with Gasteiger partial charge in [0.15, 0.2) is 0 Å². The van der Waals surface area contributed by atoms with Crippen molar-refractivity contribution in [3.8, 4) is 0 Å². The molecule has 2 nitrogen and oxygen atoms in total. The number of hydrogen-bond acceptors (Lipinski definition) is 1. The lowest BCUT2D eigenvalue weighted by atomic mass is 10.0. The first kappa shape index (κ1) is 16.3. The quantitative estimate of drug-likeness (QED) is 0.769. The molecule has 0 fully saturated rings. The van der Waals surface area contributed by atoms with Crippen molar-refractivity contribution in [2.24, 2.45) is 0 Å². The summed E-state index contributed by atoms with van der Waals surface area (Å²) in [5.41, 5.74) is 5.16. The fourth-order valence-corrected chi connectivity index (χ4v) is 2.47. The maximum atomic E-state index is 11.9. The Hall–Kier alpha value is -2.09. The Labute approximate surface area is 133 Å². The Bertz CT molecular complexity index is 604. The Kier molecular flexibility index (Phi) is 6.20. The fraction of sp³-hybridized carbons (Fsp3) is 0.350. The van der Waals surface area contributed by atoms with Crippen LogP contribution in [0.4, 0.5) is 0 Å². The highest BCUT2D eigenvalue weighted by Crippen LogP contribution is 2.11. The summed E-state index contributed by atoms with van der Waals surface area (Å²) in [4.78, 5) is 11.9. The molecule has 0 atom stereocenters. The molecule has 1 N–H and O–H groups in total. The van der Waals surface area contributed by atoms with Crippen LogP contribution in [0.3, 0.4) is 0 Å². The highest BCUT2D eigenvalue weighted by Gasteiger charge is 2.03. The van der Waals surface area contributed by atoms with Gasteiger partial charge in [0.25, 0.3) is 0 Å². The first-order chi connectivity index (χ1) is 10.6. The van der Waals surface area contributed by atoms with Crippen LogP contribution in [-0.4, -0.2) is 12.5 Å². The second-order valence-electron chi connectivity index (χ2n) is 5.86. The van der Waals surface area contributed by atoms with E-state index in [1.807, 2.05) is 6.07 Å². The molecule has 0 radical (unpaired) electrons. The van der Waals surface area contributed by atoms with E-state index < -0.39 is 0 Å². The van der Waals surface area contributed by atoms with Crippen LogP contribution in [0.2, 0.25) is 0 Å². The molecule has 0 heterocycles. The SMILES string of the molecule is Cc1ccc(CCC(=O)NCCCc2ccccc2)cc1C. The molecular weight excluding hydrogens is 270 g/mol. The summed E-state index contributed by atoms with van der Waals surface area (Å²) < 4.78 is 0. The van der Waals surface area contributed by atoms with Gasteiger partial charge in [0.1, 0.15) is 0 Å². The zero-order valence-corrected chi connectivity index (χ0v) is 13.6. The number of benzene rings is 2. The standard InChI is InChI=1S/C20H25NO/c1-16-10-11-19(15-17(16)2)12-13-20(22)21-14-6-9-18-7-4-3-5-8-18/h3-5,7-8,10-11,15H,6,9,12-14H2,1-2H3,(H,21,22). The second-order valence-corrected chi connectivity index (χ2v) is 5.86. The summed E-state index contributed by atoms with van der Waals surface area (Å²) in [5, 5.41) is 3.01. The average molecular weight is 295 g/mol. The van der Waals surface area contributed by atoms with Gasteiger partial charge in [-0.05, 0) is 55.4 Å². The molecular formula is C20H25NO. The summed E-state index contributed by atoms with van der Waals surface area (Å²) in [6, 6.07) is 16.8. The topological polar surface area (TPSA) is 29.1 Å². The van der Waals surface area contributed by atoms with Crippen LogP contribution in [-0.2, 0) is 17.6 Å². The van der Waals surface area contributed by atoms with Crippen molar-refractivity contribution in [2.75, 3.05) is 6.54 Å². The van der Waals surface area contributed by atoms with Crippen molar-refractivity contribution in [1.82, 2.24) is 5.32 Å². The van der Waals surface area contributed by atoms with Crippen LogP contribution in [0.25, 0.3) is 0 Å². The summed E-state index contributed by atoms with van der Waals surface area (Å²) in [6.45, 7) is 4.97. The average Bonchev–Trinajstić information content (AvgIpc) is 2.54. The van der Waals surface area contributed by atoms with Gasteiger partial charge < -0.3 is 5.32 Å². The van der Waals surface area contributed by atoms with Crippen LogP contribution < -0.4 is 5.32 Å². The molecule has 0 saturated carbocycles. The molecule has 0 aromatic heterocycles. The van der Waals surface area contributed by atoms with Gasteiger partial charge in [-0.2, -0.15) is 0 Å². The smallest absolute Gasteiger partial charge is 0.220 e. The largest absolute Gasteiger partial charge is 0.356 e. The minimum absolute atomic E-state index is 0.145. The van der Waals surface area contributed by atoms with E-state index in [1.165, 1.54) is 22.3 Å². The van der Waals surface area contributed by atoms with Crippen molar-refractivity contribution >= 4 is 5.91 Å². The van der Waals surface area contributed by atoms with Gasteiger partial charge in [-0.15, -0.1) is 0 Å². The van der Waals surface area contributed by atoms with Crippen LogP contribution >= 0.6 is 0 Å². The molecule has 2 heteroatoms. The van der Waals surface area contributed by atoms with E-state index in [0.29, 0.717) is 6.42 Å². The number of hydrogen-bond donors (Lipinski definition) is 1. The number of nitrogens with one attached hydrogen (secondary N) is 1. The van der Waals surface area contributed by atoms with Crippen molar-refractivity contribution in [3.05, 3.63) is 70.8 Å². The molecule has 0 aliphatic heterocycles. The molecule has 0 aliphatic carbocycles. The zero-order chi connectivity index (χ0) is 15.8. The first-order valence-corrected chi connectivity index (χ1v) is 8.02. The number of carbonyl (C=O) groups excluding carboxylic acids is 1. The predicted molar refractivity (Wildman–Crippen MR) is 92.0 cm³/mol. The van der Waals surface area contributed by atoms with E-state index in [1.54, 1.807) is 0 Å². The van der Waals surface area contributed by atoms with Crippen molar-refractivity contribution in [3.63, 3.8) is 0 Å². The third-order valence-corrected chi connectivity index (χ3v) is 4.02. The molecule has 2 rings (SSSR count). The second kappa shape index (κ2) is 8.38. The van der Waals surface area contributed by atoms with Gasteiger partial charge in [0.05, 0.1) is 0 Å². The van der Waals surface area contributed by atoms with E-state index in [9.17, 15) is 4.79 Å². The number of aryl methyl sites for hydroxylation is 4. The van der Waals surface area contributed by atoms with Crippen molar-refractivity contribution < 1.29 is 4.79 Å². The molecule has 0 aliphatic rings. The van der Waals surface area contributed by atoms with Crippen molar-refractivity contribution in [2.45, 2.75) is 39.5 Å². The highest BCUT2D eigenvalue weighted by molar-refractivity contribution is 5.76. The number of rotatable bonds is 7. The normalized spacial score (nSPS) is 10.5. The minimum Gasteiger partial charge on any atom is -0.356 e. The molecule has 116 valence electrons. The molecule has 0 bridgehead atoms. The fourth-order valence-electron chi connectivity index (χ4n) is 2.47. The Morgan fingerprint density at radius 3 is 2.41 bits per heavy atom. The van der Waals surface area contributed by atoms with E-state index in [2.05, 4.69) is 61.6 Å². The van der Waals surface area contributed by atoms with Gasteiger partial charge in [0.2, 0.25) is 5.91 Å². The molecule has 1 amide bonds. The third-order valence-electron chi connectivity index (χ3n) is 4.02. The van der Waals surface area contributed by atoms with Gasteiger partial charge in [-0.1, -0.05) is 48.5 Å². The molecule has 22 heavy (non-hydrogen) atoms. The van der Waals surface area contributed by atoms with Gasteiger partial charge in [-0.25, -0.2) is 0 Å². The van der Waals surface area contributed by atoms with Gasteiger partial charge in [-0.3, -0.25) is 4.79 Å². The van der Waals surface area contributed by atoms with Gasteiger partial charge in [0, 0.05) is 13.0 Å². The van der Waals surface area contributed by atoms with Crippen LogP contribution in [0.15, 0.2) is 48.5 Å². The van der Waals surface area contributed by atoms with E-state index in [-0.39, 0.29) is 5.91 Å². The molecule has 2 aromatic rings. The summed E-state index contributed by atoms with van der Waals surface area (Å²) in [7, 11) is 0. The number of amides is 1. The maximum Gasteiger partial charge on any atom is 0.220 e. The van der Waals surface area contributed by atoms with E-state index >= 15 is 0 Å². The Balaban J connectivity index is 1.64. The summed E-state index contributed by atoms with van der Waals surface area (Å²) in [6.07, 6.45) is 3.37. The third kappa shape index (κ3) is 5.36. The van der Waals surface area contributed by atoms with E-state index in [0.717, 1.165) is 25.8 Å². The summed E-state index contributed by atoms with van der Waals surface area (Å²) in [5.74, 6) is 0.145. The minimum atomic E-state index is 0.145. The molecule has 2 aromatic carbocycles. The van der Waals surface area contributed by atoms with Crippen LogP contribution in [0, 0.1) is 13.8 Å². The zero-order valence-electron chi connectivity index (χ0n) is 13.6. The Morgan fingerprint density at radius 2 is 1.68 bits per heavy atom. The first-order valence-electron chi connectivity index (χ1n) is 8.02. The summed E-state index contributed by atoms with van der Waals surface area (Å²) >= 11 is 0. The number of carbonyl (C=O) groups is 1. The van der Waals surface area contributed by atoms with Crippen molar-refractivity contribution in [1.29, 1.82) is 0 Å².